The predicted molar refractivity (Wildman–Crippen MR) is 132 cm³/mol. The number of benzene rings is 2. The molecule has 9 heteroatoms. The Bertz CT molecular complexity index is 1680. The van der Waals surface area contributed by atoms with Gasteiger partial charge in [0, 0.05) is 16.5 Å². The van der Waals surface area contributed by atoms with Crippen LogP contribution in [0.3, 0.4) is 0 Å². The van der Waals surface area contributed by atoms with Gasteiger partial charge in [-0.1, -0.05) is 47.7 Å². The second-order valence-electron chi connectivity index (χ2n) is 8.13. The van der Waals surface area contributed by atoms with Crippen LogP contribution in [0.2, 0.25) is 0 Å². The number of rotatable bonds is 3. The van der Waals surface area contributed by atoms with Gasteiger partial charge in [0.05, 0.1) is 21.2 Å². The Balaban J connectivity index is 1.59. The molecule has 6 rings (SSSR count). The summed E-state index contributed by atoms with van der Waals surface area (Å²) in [5.41, 5.74) is 4.33. The molecule has 4 aromatic rings. The van der Waals surface area contributed by atoms with Gasteiger partial charge in [0.15, 0.2) is 10.6 Å². The molecule has 1 unspecified atom stereocenters. The van der Waals surface area contributed by atoms with Crippen LogP contribution < -0.4 is 14.9 Å². The van der Waals surface area contributed by atoms with Crippen molar-refractivity contribution in [3.63, 3.8) is 0 Å². The van der Waals surface area contributed by atoms with E-state index in [1.807, 2.05) is 29.6 Å². The third-order valence-electron chi connectivity index (χ3n) is 6.18. The molecule has 0 spiro atoms. The quantitative estimate of drug-likeness (QED) is 0.349. The summed E-state index contributed by atoms with van der Waals surface area (Å²) in [6.07, 6.45) is 3.35. The van der Waals surface area contributed by atoms with Gasteiger partial charge in [0.2, 0.25) is 0 Å². The standard InChI is InChI=1S/C25H17N3O4S2/c29-19-10-7-14(12-18(19)28(31)32)13-21-24(30)27-23(20-6-3-11-33-20)17-9-8-15-4-1-2-5-16(15)22(17)26-25(27)34-21/h1-7,10-13,23,29H,8-9H2. The fraction of sp³-hybridized carbons (Fsp3) is 0.120. The van der Waals surface area contributed by atoms with Crippen LogP contribution in [0.15, 0.2) is 75.3 Å². The van der Waals surface area contributed by atoms with Gasteiger partial charge in [-0.3, -0.25) is 19.5 Å². The average Bonchev–Trinajstić information content (AvgIpc) is 3.47. The highest BCUT2D eigenvalue weighted by atomic mass is 32.1. The molecule has 2 aromatic carbocycles. The first-order valence-electron chi connectivity index (χ1n) is 10.6. The second-order valence-corrected chi connectivity index (χ2v) is 10.1. The van der Waals surface area contributed by atoms with E-state index in [0.717, 1.165) is 34.6 Å². The summed E-state index contributed by atoms with van der Waals surface area (Å²) >= 11 is 2.89. The number of aromatic nitrogens is 1. The summed E-state index contributed by atoms with van der Waals surface area (Å²) in [5, 5.41) is 23.0. The molecule has 0 saturated heterocycles. The van der Waals surface area contributed by atoms with Crippen LogP contribution in [0.25, 0.3) is 11.8 Å². The molecule has 2 aromatic heterocycles. The summed E-state index contributed by atoms with van der Waals surface area (Å²) in [4.78, 5) is 30.8. The largest absolute Gasteiger partial charge is 0.502 e. The van der Waals surface area contributed by atoms with Gasteiger partial charge in [-0.25, -0.2) is 4.99 Å². The maximum atomic E-state index is 13.6. The number of fused-ring (bicyclic) bond motifs is 3. The number of aromatic hydroxyl groups is 1. The Morgan fingerprint density at radius 3 is 2.79 bits per heavy atom. The van der Waals surface area contributed by atoms with Crippen LogP contribution in [0.4, 0.5) is 5.69 Å². The van der Waals surface area contributed by atoms with E-state index in [9.17, 15) is 20.0 Å². The minimum absolute atomic E-state index is 0.178. The van der Waals surface area contributed by atoms with E-state index < -0.39 is 16.4 Å². The van der Waals surface area contributed by atoms with E-state index >= 15 is 0 Å². The lowest BCUT2D eigenvalue weighted by atomic mass is 9.85. The normalized spacial score (nSPS) is 17.1. The van der Waals surface area contributed by atoms with E-state index in [0.29, 0.717) is 14.9 Å². The molecular weight excluding hydrogens is 470 g/mol. The smallest absolute Gasteiger partial charge is 0.311 e. The van der Waals surface area contributed by atoms with Gasteiger partial charge in [0.1, 0.15) is 0 Å². The molecule has 2 aliphatic rings. The molecule has 34 heavy (non-hydrogen) atoms. The SMILES string of the molecule is O=c1c(=Cc2ccc(O)c([N+](=O)[O-])c2)sc2n1C(c1cccs1)C1=C(N=2)c2ccccc2CC1. The van der Waals surface area contributed by atoms with Gasteiger partial charge in [0.25, 0.3) is 5.56 Å². The maximum Gasteiger partial charge on any atom is 0.311 e. The highest BCUT2D eigenvalue weighted by molar-refractivity contribution is 7.10. The Morgan fingerprint density at radius 1 is 1.15 bits per heavy atom. The Hall–Kier alpha value is -3.82. The molecule has 0 saturated carbocycles. The zero-order valence-corrected chi connectivity index (χ0v) is 19.3. The molecule has 3 heterocycles. The number of aryl methyl sites for hydroxylation is 1. The molecule has 168 valence electrons. The molecule has 0 radical (unpaired) electrons. The Labute approximate surface area is 201 Å². The molecule has 1 atom stereocenters. The molecule has 1 N–H and O–H groups in total. The first-order valence-corrected chi connectivity index (χ1v) is 12.3. The number of phenolic OH excluding ortho intramolecular Hbond substituents is 1. The number of thiazole rings is 1. The summed E-state index contributed by atoms with van der Waals surface area (Å²) < 4.78 is 2.19. The third kappa shape index (κ3) is 3.24. The summed E-state index contributed by atoms with van der Waals surface area (Å²) in [5.74, 6) is -0.410. The van der Waals surface area contributed by atoms with Crippen molar-refractivity contribution in [1.82, 2.24) is 4.57 Å². The number of phenols is 1. The summed E-state index contributed by atoms with van der Waals surface area (Å²) in [6.45, 7) is 0. The van der Waals surface area contributed by atoms with Gasteiger partial charge in [-0.2, -0.15) is 0 Å². The first-order chi connectivity index (χ1) is 16.5. The monoisotopic (exact) mass is 487 g/mol. The lowest BCUT2D eigenvalue weighted by Gasteiger charge is -2.30. The molecule has 0 bridgehead atoms. The van der Waals surface area contributed by atoms with Crippen LogP contribution in [-0.2, 0) is 6.42 Å². The van der Waals surface area contributed by atoms with E-state index in [-0.39, 0.29) is 11.6 Å². The molecule has 0 amide bonds. The van der Waals surface area contributed by atoms with Crippen molar-refractivity contribution < 1.29 is 10.0 Å². The van der Waals surface area contributed by atoms with Crippen molar-refractivity contribution in [1.29, 1.82) is 0 Å². The summed E-state index contributed by atoms with van der Waals surface area (Å²) in [7, 11) is 0. The van der Waals surface area contributed by atoms with Crippen molar-refractivity contribution >= 4 is 40.1 Å². The van der Waals surface area contributed by atoms with Crippen molar-refractivity contribution in [2.75, 3.05) is 0 Å². The molecular formula is C25H17N3O4S2. The van der Waals surface area contributed by atoms with Gasteiger partial charge < -0.3 is 5.11 Å². The lowest BCUT2D eigenvalue weighted by molar-refractivity contribution is -0.385. The number of nitro groups is 1. The lowest BCUT2D eigenvalue weighted by Crippen LogP contribution is -2.38. The fourth-order valence-electron chi connectivity index (χ4n) is 4.65. The van der Waals surface area contributed by atoms with E-state index in [1.165, 1.54) is 29.0 Å². The van der Waals surface area contributed by atoms with E-state index in [2.05, 4.69) is 12.1 Å². The third-order valence-corrected chi connectivity index (χ3v) is 8.09. The number of hydrogen-bond donors (Lipinski definition) is 1. The number of thiophene rings is 1. The van der Waals surface area contributed by atoms with Crippen molar-refractivity contribution in [2.24, 2.45) is 4.99 Å². The zero-order chi connectivity index (χ0) is 23.4. The number of nitro benzene ring substituents is 1. The predicted octanol–water partition coefficient (Wildman–Crippen LogP) is 3.99. The van der Waals surface area contributed by atoms with Crippen molar-refractivity contribution in [3.8, 4) is 5.75 Å². The van der Waals surface area contributed by atoms with Crippen LogP contribution >= 0.6 is 22.7 Å². The van der Waals surface area contributed by atoms with Gasteiger partial charge in [-0.15, -0.1) is 11.3 Å². The van der Waals surface area contributed by atoms with E-state index in [1.54, 1.807) is 28.0 Å². The maximum absolute atomic E-state index is 13.6. The second kappa shape index (κ2) is 7.89. The van der Waals surface area contributed by atoms with Crippen molar-refractivity contribution in [2.45, 2.75) is 18.9 Å². The zero-order valence-electron chi connectivity index (χ0n) is 17.7. The Morgan fingerprint density at radius 2 is 2.00 bits per heavy atom. The van der Waals surface area contributed by atoms with Gasteiger partial charge >= 0.3 is 5.69 Å². The van der Waals surface area contributed by atoms with Crippen LogP contribution in [0.1, 0.15) is 34.0 Å². The highest BCUT2D eigenvalue weighted by Crippen LogP contribution is 2.42. The minimum atomic E-state index is -0.642. The van der Waals surface area contributed by atoms with Crippen LogP contribution in [0.5, 0.6) is 5.75 Å². The number of hydrogen-bond acceptors (Lipinski definition) is 7. The molecule has 0 fully saturated rings. The highest BCUT2D eigenvalue weighted by Gasteiger charge is 2.33. The van der Waals surface area contributed by atoms with Crippen LogP contribution in [0, 0.1) is 10.1 Å². The molecule has 1 aliphatic heterocycles. The molecule has 1 aliphatic carbocycles. The topological polar surface area (TPSA) is 97.7 Å². The summed E-state index contributed by atoms with van der Waals surface area (Å²) in [6, 6.07) is 16.2. The molecule has 7 nitrogen and oxygen atoms in total. The number of allylic oxidation sites excluding steroid dienone is 1. The minimum Gasteiger partial charge on any atom is -0.502 e. The van der Waals surface area contributed by atoms with E-state index in [4.69, 9.17) is 4.99 Å². The number of nitrogens with zero attached hydrogens (tertiary/aromatic N) is 3. The van der Waals surface area contributed by atoms with Crippen molar-refractivity contribution in [3.05, 3.63) is 117 Å². The first kappa shape index (κ1) is 20.8. The Kier molecular flexibility index (Phi) is 4.82. The fourth-order valence-corrected chi connectivity index (χ4v) is 6.49. The van der Waals surface area contributed by atoms with Crippen LogP contribution in [-0.4, -0.2) is 14.6 Å². The van der Waals surface area contributed by atoms with Gasteiger partial charge in [-0.05, 0) is 53.1 Å². The average molecular weight is 488 g/mol.